The normalized spacial score (nSPS) is 14.0. The number of aryl methyl sites for hydroxylation is 1. The number of nitrogens with zero attached hydrogens (tertiary/aromatic N) is 1. The van der Waals surface area contributed by atoms with Gasteiger partial charge in [-0.05, 0) is 48.2 Å². The van der Waals surface area contributed by atoms with Crippen molar-refractivity contribution in [2.24, 2.45) is 0 Å². The fourth-order valence-electron chi connectivity index (χ4n) is 2.64. The molecule has 0 radical (unpaired) electrons. The summed E-state index contributed by atoms with van der Waals surface area (Å²) in [4.78, 5) is 14.1. The van der Waals surface area contributed by atoms with Crippen LogP contribution in [0.5, 0.6) is 0 Å². The van der Waals surface area contributed by atoms with E-state index < -0.39 is 0 Å². The Morgan fingerprint density at radius 1 is 1.18 bits per heavy atom. The highest BCUT2D eigenvalue weighted by Gasteiger charge is 2.21. The minimum atomic E-state index is -0.293. The quantitative estimate of drug-likeness (QED) is 0.894. The highest BCUT2D eigenvalue weighted by atomic mass is 19.1. The summed E-state index contributed by atoms with van der Waals surface area (Å²) in [6.07, 6.45) is 5.18. The molecule has 0 aliphatic carbocycles. The third-order valence-electron chi connectivity index (χ3n) is 3.69. The fourth-order valence-corrected chi connectivity index (χ4v) is 2.64. The van der Waals surface area contributed by atoms with Gasteiger partial charge in [0, 0.05) is 18.4 Å². The standard InChI is InChI=1S/C18H17FN2O/c19-16-8-3-5-14(13-16)10-11-20-18(22)21-12-4-7-15-6-1-2-9-17(15)21/h1-3,5-6,8-11,13H,4,7,12H2,(H,20,22)/b11-10+. The summed E-state index contributed by atoms with van der Waals surface area (Å²) in [6, 6.07) is 14.0. The molecular weight excluding hydrogens is 279 g/mol. The van der Waals surface area contributed by atoms with Crippen LogP contribution in [0.1, 0.15) is 17.5 Å². The average Bonchev–Trinajstić information content (AvgIpc) is 2.54. The molecule has 0 unspecified atom stereocenters. The predicted molar refractivity (Wildman–Crippen MR) is 86.1 cm³/mol. The lowest BCUT2D eigenvalue weighted by Crippen LogP contribution is -2.40. The van der Waals surface area contributed by atoms with Gasteiger partial charge in [-0.15, -0.1) is 0 Å². The first kappa shape index (κ1) is 14.3. The summed E-state index contributed by atoms with van der Waals surface area (Å²) >= 11 is 0. The smallest absolute Gasteiger partial charge is 0.314 e. The molecule has 0 spiro atoms. The third kappa shape index (κ3) is 3.17. The van der Waals surface area contributed by atoms with Crippen LogP contribution >= 0.6 is 0 Å². The number of halogens is 1. The highest BCUT2D eigenvalue weighted by Crippen LogP contribution is 2.26. The second-order valence-corrected chi connectivity index (χ2v) is 5.22. The third-order valence-corrected chi connectivity index (χ3v) is 3.69. The topological polar surface area (TPSA) is 32.3 Å². The molecule has 22 heavy (non-hydrogen) atoms. The van der Waals surface area contributed by atoms with Gasteiger partial charge in [0.05, 0.1) is 0 Å². The van der Waals surface area contributed by atoms with Crippen LogP contribution < -0.4 is 10.2 Å². The van der Waals surface area contributed by atoms with Crippen molar-refractivity contribution >= 4 is 17.8 Å². The average molecular weight is 296 g/mol. The Bertz CT molecular complexity index is 712. The monoisotopic (exact) mass is 296 g/mol. The van der Waals surface area contributed by atoms with Crippen LogP contribution in [0.3, 0.4) is 0 Å². The van der Waals surface area contributed by atoms with E-state index in [0.29, 0.717) is 12.1 Å². The zero-order valence-corrected chi connectivity index (χ0v) is 12.1. The van der Waals surface area contributed by atoms with Crippen LogP contribution in [0.25, 0.3) is 6.08 Å². The summed E-state index contributed by atoms with van der Waals surface area (Å²) in [7, 11) is 0. The van der Waals surface area contributed by atoms with Crippen molar-refractivity contribution in [1.29, 1.82) is 0 Å². The van der Waals surface area contributed by atoms with E-state index in [-0.39, 0.29) is 11.8 Å². The number of hydrogen-bond donors (Lipinski definition) is 1. The molecule has 2 aromatic carbocycles. The number of nitrogens with one attached hydrogen (secondary N) is 1. The van der Waals surface area contributed by atoms with Gasteiger partial charge in [-0.25, -0.2) is 9.18 Å². The van der Waals surface area contributed by atoms with Gasteiger partial charge in [0.1, 0.15) is 5.82 Å². The maximum absolute atomic E-state index is 13.1. The molecule has 2 aromatic rings. The molecule has 1 aliphatic heterocycles. The number of amides is 2. The zero-order valence-electron chi connectivity index (χ0n) is 12.1. The number of carbonyl (C=O) groups is 1. The van der Waals surface area contributed by atoms with Crippen molar-refractivity contribution in [3.05, 3.63) is 71.7 Å². The first-order chi connectivity index (χ1) is 10.7. The number of benzene rings is 2. The number of hydrogen-bond acceptors (Lipinski definition) is 1. The molecule has 0 saturated heterocycles. The molecule has 1 heterocycles. The molecule has 4 heteroatoms. The van der Waals surface area contributed by atoms with E-state index in [4.69, 9.17) is 0 Å². The molecule has 0 aromatic heterocycles. The minimum Gasteiger partial charge on any atom is -0.314 e. The lowest BCUT2D eigenvalue weighted by molar-refractivity contribution is 0.249. The van der Waals surface area contributed by atoms with Gasteiger partial charge in [-0.1, -0.05) is 30.3 Å². The molecule has 2 amide bonds. The number of rotatable bonds is 2. The van der Waals surface area contributed by atoms with Crippen molar-refractivity contribution < 1.29 is 9.18 Å². The molecule has 3 nitrogen and oxygen atoms in total. The van der Waals surface area contributed by atoms with E-state index in [1.54, 1.807) is 29.3 Å². The molecule has 0 bridgehead atoms. The molecule has 1 N–H and O–H groups in total. The maximum atomic E-state index is 13.1. The van der Waals surface area contributed by atoms with E-state index in [1.165, 1.54) is 17.7 Å². The molecule has 112 valence electrons. The van der Waals surface area contributed by atoms with Gasteiger partial charge < -0.3 is 5.32 Å². The summed E-state index contributed by atoms with van der Waals surface area (Å²) in [5, 5.41) is 2.75. The van der Waals surface area contributed by atoms with Crippen LogP contribution in [0, 0.1) is 5.82 Å². The van der Waals surface area contributed by atoms with E-state index in [9.17, 15) is 9.18 Å². The van der Waals surface area contributed by atoms with Crippen LogP contribution in [0.4, 0.5) is 14.9 Å². The SMILES string of the molecule is O=C(N/C=C/c1cccc(F)c1)N1CCCc2ccccc21. The number of carbonyl (C=O) groups excluding carboxylic acids is 1. The number of fused-ring (bicyclic) bond motifs is 1. The largest absolute Gasteiger partial charge is 0.325 e. The Balaban J connectivity index is 1.68. The first-order valence-electron chi connectivity index (χ1n) is 7.32. The van der Waals surface area contributed by atoms with E-state index in [2.05, 4.69) is 11.4 Å². The second-order valence-electron chi connectivity index (χ2n) is 5.22. The Labute approximate surface area is 129 Å². The van der Waals surface area contributed by atoms with Gasteiger partial charge in [0.2, 0.25) is 0 Å². The van der Waals surface area contributed by atoms with E-state index in [1.807, 2.05) is 18.2 Å². The summed E-state index contributed by atoms with van der Waals surface area (Å²) in [5.41, 5.74) is 2.86. The summed E-state index contributed by atoms with van der Waals surface area (Å²) in [6.45, 7) is 0.705. The van der Waals surface area contributed by atoms with E-state index >= 15 is 0 Å². The molecule has 0 saturated carbocycles. The van der Waals surface area contributed by atoms with Gasteiger partial charge in [-0.3, -0.25) is 4.90 Å². The van der Waals surface area contributed by atoms with Crippen LogP contribution in [0.15, 0.2) is 54.7 Å². The molecular formula is C18H17FN2O. The van der Waals surface area contributed by atoms with Gasteiger partial charge in [0.15, 0.2) is 0 Å². The number of anilines is 1. The zero-order chi connectivity index (χ0) is 15.4. The maximum Gasteiger partial charge on any atom is 0.325 e. The Morgan fingerprint density at radius 2 is 2.05 bits per heavy atom. The van der Waals surface area contributed by atoms with Crippen LogP contribution in [-0.2, 0) is 6.42 Å². The summed E-state index contributed by atoms with van der Waals surface area (Å²) in [5.74, 6) is -0.293. The van der Waals surface area contributed by atoms with Gasteiger partial charge in [0.25, 0.3) is 0 Å². The van der Waals surface area contributed by atoms with Gasteiger partial charge in [-0.2, -0.15) is 0 Å². The highest BCUT2D eigenvalue weighted by molar-refractivity contribution is 5.94. The minimum absolute atomic E-state index is 0.167. The number of para-hydroxylation sites is 1. The summed E-state index contributed by atoms with van der Waals surface area (Å²) < 4.78 is 13.1. The van der Waals surface area contributed by atoms with Crippen molar-refractivity contribution in [2.75, 3.05) is 11.4 Å². The van der Waals surface area contributed by atoms with Crippen molar-refractivity contribution in [1.82, 2.24) is 5.32 Å². The van der Waals surface area contributed by atoms with Crippen molar-refractivity contribution in [2.45, 2.75) is 12.8 Å². The Morgan fingerprint density at radius 3 is 2.91 bits per heavy atom. The molecule has 3 rings (SSSR count). The van der Waals surface area contributed by atoms with Crippen LogP contribution in [-0.4, -0.2) is 12.6 Å². The molecule has 0 atom stereocenters. The number of urea groups is 1. The van der Waals surface area contributed by atoms with Crippen molar-refractivity contribution in [3.63, 3.8) is 0 Å². The van der Waals surface area contributed by atoms with Gasteiger partial charge >= 0.3 is 6.03 Å². The predicted octanol–water partition coefficient (Wildman–Crippen LogP) is 3.96. The molecule has 1 aliphatic rings. The Kier molecular flexibility index (Phi) is 4.19. The first-order valence-corrected chi connectivity index (χ1v) is 7.32. The van der Waals surface area contributed by atoms with E-state index in [0.717, 1.165) is 18.5 Å². The molecule has 0 fully saturated rings. The van der Waals surface area contributed by atoms with Crippen molar-refractivity contribution in [3.8, 4) is 0 Å². The lowest BCUT2D eigenvalue weighted by atomic mass is 10.0. The second kappa shape index (κ2) is 6.43. The van der Waals surface area contributed by atoms with Crippen LogP contribution in [0.2, 0.25) is 0 Å². The lowest BCUT2D eigenvalue weighted by Gasteiger charge is -2.28. The fraction of sp³-hybridized carbons (Fsp3) is 0.167. The Hall–Kier alpha value is -2.62.